The predicted octanol–water partition coefficient (Wildman–Crippen LogP) is 5.53. The van der Waals surface area contributed by atoms with E-state index >= 15 is 0 Å². The molecule has 0 atom stereocenters. The van der Waals surface area contributed by atoms with Gasteiger partial charge < -0.3 is 0 Å². The first-order chi connectivity index (χ1) is 8.90. The Balaban J connectivity index is 2.14. The van der Waals surface area contributed by atoms with E-state index in [2.05, 4.69) is 43.0 Å². The Morgan fingerprint density at radius 1 is 0.889 bits per heavy atom. The molecule has 0 heteroatoms. The van der Waals surface area contributed by atoms with E-state index in [9.17, 15) is 0 Å². The van der Waals surface area contributed by atoms with E-state index in [0.717, 1.165) is 5.92 Å². The number of hydrogen-bond acceptors (Lipinski definition) is 0. The highest BCUT2D eigenvalue weighted by atomic mass is 14.2. The molecule has 92 valence electrons. The summed E-state index contributed by atoms with van der Waals surface area (Å²) in [5, 5.41) is 2.79. The van der Waals surface area contributed by atoms with Crippen LogP contribution in [0.15, 0.2) is 43.0 Å². The third-order valence-corrected chi connectivity index (χ3v) is 4.26. The fourth-order valence-electron chi connectivity index (χ4n) is 3.29. The monoisotopic (exact) mass is 236 g/mol. The van der Waals surface area contributed by atoms with Crippen LogP contribution in [0.4, 0.5) is 0 Å². The molecule has 0 N–H and O–H groups in total. The highest BCUT2D eigenvalue weighted by Gasteiger charge is 2.17. The molecule has 0 spiro atoms. The van der Waals surface area contributed by atoms with Crippen molar-refractivity contribution in [2.24, 2.45) is 0 Å². The zero-order valence-corrected chi connectivity index (χ0v) is 10.9. The summed E-state index contributed by atoms with van der Waals surface area (Å²) < 4.78 is 0. The molecule has 0 bridgehead atoms. The second-order valence-corrected chi connectivity index (χ2v) is 5.33. The minimum absolute atomic E-state index is 0.766. The van der Waals surface area contributed by atoms with Crippen LogP contribution in [0, 0.1) is 0 Å². The summed E-state index contributed by atoms with van der Waals surface area (Å²) in [6.07, 6.45) is 8.88. The molecule has 0 unspecified atom stereocenters. The van der Waals surface area contributed by atoms with Crippen molar-refractivity contribution in [3.05, 3.63) is 54.1 Å². The van der Waals surface area contributed by atoms with Gasteiger partial charge in [-0.1, -0.05) is 68.3 Å². The molecule has 1 saturated carbocycles. The van der Waals surface area contributed by atoms with Crippen LogP contribution in [-0.4, -0.2) is 0 Å². The quantitative estimate of drug-likeness (QED) is 0.643. The number of hydrogen-bond donors (Lipinski definition) is 0. The standard InChI is InChI=1S/C18H20/c1-2-14-12-13-17(15-8-4-3-5-9-15)18-11-7-6-10-16(14)18/h2,6-7,10-13,15H,1,3-5,8-9H2. The van der Waals surface area contributed by atoms with E-state index in [0.29, 0.717) is 0 Å². The van der Waals surface area contributed by atoms with Gasteiger partial charge in [0.25, 0.3) is 0 Å². The maximum atomic E-state index is 3.92. The third-order valence-electron chi connectivity index (χ3n) is 4.26. The molecular weight excluding hydrogens is 216 g/mol. The van der Waals surface area contributed by atoms with Crippen LogP contribution in [0.5, 0.6) is 0 Å². The molecule has 0 saturated heterocycles. The lowest BCUT2D eigenvalue weighted by Gasteiger charge is -2.23. The summed E-state index contributed by atoms with van der Waals surface area (Å²) in [5.74, 6) is 0.766. The Hall–Kier alpha value is -1.56. The summed E-state index contributed by atoms with van der Waals surface area (Å²) in [5.41, 5.74) is 2.81. The first-order valence-electron chi connectivity index (χ1n) is 7.04. The van der Waals surface area contributed by atoms with Crippen LogP contribution < -0.4 is 0 Å². The smallest absolute Gasteiger partial charge is 0.0109 e. The summed E-state index contributed by atoms with van der Waals surface area (Å²) in [4.78, 5) is 0. The van der Waals surface area contributed by atoms with Gasteiger partial charge in [0.2, 0.25) is 0 Å². The fourth-order valence-corrected chi connectivity index (χ4v) is 3.29. The van der Waals surface area contributed by atoms with E-state index < -0.39 is 0 Å². The van der Waals surface area contributed by atoms with Crippen LogP contribution in [0.25, 0.3) is 16.8 Å². The van der Waals surface area contributed by atoms with Crippen LogP contribution in [0.1, 0.15) is 49.1 Å². The molecule has 1 fully saturated rings. The Kier molecular flexibility index (Phi) is 3.19. The number of rotatable bonds is 2. The van der Waals surface area contributed by atoms with E-state index in [4.69, 9.17) is 0 Å². The van der Waals surface area contributed by atoms with Crippen molar-refractivity contribution in [2.45, 2.75) is 38.0 Å². The highest BCUT2D eigenvalue weighted by molar-refractivity contribution is 5.93. The van der Waals surface area contributed by atoms with Gasteiger partial charge >= 0.3 is 0 Å². The van der Waals surface area contributed by atoms with Gasteiger partial charge in [-0.15, -0.1) is 0 Å². The first-order valence-corrected chi connectivity index (χ1v) is 7.04. The Morgan fingerprint density at radius 3 is 2.33 bits per heavy atom. The van der Waals surface area contributed by atoms with E-state index in [1.165, 1.54) is 48.4 Å². The molecule has 0 amide bonds. The Bertz CT molecular complexity index is 559. The van der Waals surface area contributed by atoms with Gasteiger partial charge in [-0.2, -0.15) is 0 Å². The number of fused-ring (bicyclic) bond motifs is 1. The van der Waals surface area contributed by atoms with Crippen LogP contribution in [0.2, 0.25) is 0 Å². The molecule has 0 radical (unpaired) electrons. The summed E-state index contributed by atoms with van der Waals surface area (Å²) in [6.45, 7) is 3.92. The minimum Gasteiger partial charge on any atom is -0.0984 e. The van der Waals surface area contributed by atoms with E-state index in [1.807, 2.05) is 6.08 Å². The Labute approximate surface area is 109 Å². The van der Waals surface area contributed by atoms with E-state index in [1.54, 1.807) is 5.56 Å². The second kappa shape index (κ2) is 4.97. The van der Waals surface area contributed by atoms with Gasteiger partial charge in [-0.3, -0.25) is 0 Å². The molecule has 18 heavy (non-hydrogen) atoms. The number of benzene rings is 2. The van der Waals surface area contributed by atoms with Crippen molar-refractivity contribution in [3.8, 4) is 0 Å². The van der Waals surface area contributed by atoms with Crippen molar-refractivity contribution >= 4 is 16.8 Å². The first kappa shape index (κ1) is 11.5. The van der Waals surface area contributed by atoms with Crippen LogP contribution in [0.3, 0.4) is 0 Å². The Morgan fingerprint density at radius 2 is 1.61 bits per heavy atom. The summed E-state index contributed by atoms with van der Waals surface area (Å²) in [7, 11) is 0. The summed E-state index contributed by atoms with van der Waals surface area (Å²) >= 11 is 0. The van der Waals surface area contributed by atoms with Crippen LogP contribution >= 0.6 is 0 Å². The maximum Gasteiger partial charge on any atom is -0.0109 e. The lowest BCUT2D eigenvalue weighted by atomic mass is 9.81. The molecule has 1 aliphatic carbocycles. The molecule has 0 aliphatic heterocycles. The molecular formula is C18H20. The SMILES string of the molecule is C=Cc1ccc(C2CCCCC2)c2ccccc12. The normalized spacial score (nSPS) is 16.9. The lowest BCUT2D eigenvalue weighted by Crippen LogP contribution is -2.05. The zero-order chi connectivity index (χ0) is 12.4. The van der Waals surface area contributed by atoms with Crippen molar-refractivity contribution in [2.75, 3.05) is 0 Å². The third kappa shape index (κ3) is 1.96. The van der Waals surface area contributed by atoms with Crippen molar-refractivity contribution in [1.29, 1.82) is 0 Å². The zero-order valence-electron chi connectivity index (χ0n) is 10.9. The second-order valence-electron chi connectivity index (χ2n) is 5.33. The van der Waals surface area contributed by atoms with E-state index in [-0.39, 0.29) is 0 Å². The predicted molar refractivity (Wildman–Crippen MR) is 79.9 cm³/mol. The van der Waals surface area contributed by atoms with Gasteiger partial charge in [-0.25, -0.2) is 0 Å². The fraction of sp³-hybridized carbons (Fsp3) is 0.333. The molecule has 3 rings (SSSR count). The summed E-state index contributed by atoms with van der Waals surface area (Å²) in [6, 6.07) is 13.3. The largest absolute Gasteiger partial charge is 0.0984 e. The topological polar surface area (TPSA) is 0 Å². The molecule has 0 nitrogen and oxygen atoms in total. The van der Waals surface area contributed by atoms with Crippen molar-refractivity contribution in [1.82, 2.24) is 0 Å². The van der Waals surface area contributed by atoms with Gasteiger partial charge in [-0.05, 0) is 40.7 Å². The average molecular weight is 236 g/mol. The lowest BCUT2D eigenvalue weighted by molar-refractivity contribution is 0.445. The van der Waals surface area contributed by atoms with Gasteiger partial charge in [0.1, 0.15) is 0 Å². The maximum absolute atomic E-state index is 3.92. The highest BCUT2D eigenvalue weighted by Crippen LogP contribution is 2.37. The molecule has 0 heterocycles. The average Bonchev–Trinajstić information content (AvgIpc) is 2.47. The van der Waals surface area contributed by atoms with Crippen molar-refractivity contribution in [3.63, 3.8) is 0 Å². The van der Waals surface area contributed by atoms with Gasteiger partial charge in [0, 0.05) is 0 Å². The van der Waals surface area contributed by atoms with Crippen LogP contribution in [-0.2, 0) is 0 Å². The van der Waals surface area contributed by atoms with Gasteiger partial charge in [0.15, 0.2) is 0 Å². The van der Waals surface area contributed by atoms with Gasteiger partial charge in [0.05, 0.1) is 0 Å². The minimum atomic E-state index is 0.766. The van der Waals surface area contributed by atoms with Crippen molar-refractivity contribution < 1.29 is 0 Å². The molecule has 2 aromatic rings. The molecule has 1 aliphatic rings. The molecule has 2 aromatic carbocycles. The molecule has 0 aromatic heterocycles.